The van der Waals surface area contributed by atoms with Crippen LogP contribution in [0.5, 0.6) is 5.75 Å². The highest BCUT2D eigenvalue weighted by Gasteiger charge is 2.19. The fourth-order valence-corrected chi connectivity index (χ4v) is 2.64. The molecule has 3 rings (SSSR count). The molecule has 1 unspecified atom stereocenters. The molecule has 3 nitrogen and oxygen atoms in total. The Morgan fingerprint density at radius 3 is 2.76 bits per heavy atom. The fourth-order valence-electron chi connectivity index (χ4n) is 2.64. The van der Waals surface area contributed by atoms with E-state index >= 15 is 0 Å². The van der Waals surface area contributed by atoms with Gasteiger partial charge >= 0.3 is 0 Å². The van der Waals surface area contributed by atoms with Gasteiger partial charge in [-0.3, -0.25) is 0 Å². The van der Waals surface area contributed by atoms with E-state index in [0.29, 0.717) is 6.61 Å². The van der Waals surface area contributed by atoms with E-state index in [4.69, 9.17) is 9.47 Å². The highest BCUT2D eigenvalue weighted by atomic mass is 16.5. The largest absolute Gasteiger partial charge is 0.492 e. The lowest BCUT2D eigenvalue weighted by Gasteiger charge is -2.26. The fraction of sp³-hybridized carbons (Fsp3) is 0.333. The number of hydrogen-bond acceptors (Lipinski definition) is 3. The van der Waals surface area contributed by atoms with Crippen LogP contribution in [0, 0.1) is 0 Å². The van der Waals surface area contributed by atoms with E-state index in [1.807, 2.05) is 30.3 Å². The van der Waals surface area contributed by atoms with E-state index in [9.17, 15) is 0 Å². The van der Waals surface area contributed by atoms with Crippen LogP contribution in [0.2, 0.25) is 0 Å². The lowest BCUT2D eigenvalue weighted by atomic mass is 9.97. The molecule has 2 aromatic rings. The highest BCUT2D eigenvalue weighted by Crippen LogP contribution is 2.26. The number of rotatable bonds is 6. The number of para-hydroxylation sites is 1. The maximum Gasteiger partial charge on any atom is 0.119 e. The molecule has 21 heavy (non-hydrogen) atoms. The second kappa shape index (κ2) is 7.25. The van der Waals surface area contributed by atoms with Gasteiger partial charge in [0.1, 0.15) is 12.4 Å². The van der Waals surface area contributed by atoms with E-state index in [2.05, 4.69) is 29.6 Å². The van der Waals surface area contributed by atoms with Crippen molar-refractivity contribution in [2.24, 2.45) is 0 Å². The van der Waals surface area contributed by atoms with Gasteiger partial charge in [-0.05, 0) is 29.7 Å². The molecular formula is C18H21NO2. The predicted octanol–water partition coefficient (Wildman–Crippen LogP) is 2.97. The molecule has 3 heteroatoms. The molecule has 1 N–H and O–H groups in total. The van der Waals surface area contributed by atoms with Crippen molar-refractivity contribution < 1.29 is 9.47 Å². The molecule has 0 radical (unpaired) electrons. The standard InChI is InChI=1S/C18H21NO2/c1-2-7-16(8-3-1)20-13-11-19-14-18-17-9-5-4-6-15(17)10-12-21-18/h1-9,18-19H,10-14H2. The molecule has 2 aromatic carbocycles. The Morgan fingerprint density at radius 2 is 1.86 bits per heavy atom. The van der Waals surface area contributed by atoms with Crippen LogP contribution >= 0.6 is 0 Å². The monoisotopic (exact) mass is 283 g/mol. The van der Waals surface area contributed by atoms with Crippen molar-refractivity contribution in [2.75, 3.05) is 26.3 Å². The molecule has 0 saturated carbocycles. The Hall–Kier alpha value is -1.84. The maximum atomic E-state index is 5.87. The van der Waals surface area contributed by atoms with Crippen LogP contribution in [0.3, 0.4) is 0 Å². The van der Waals surface area contributed by atoms with Gasteiger partial charge in [-0.25, -0.2) is 0 Å². The van der Waals surface area contributed by atoms with Crippen molar-refractivity contribution >= 4 is 0 Å². The van der Waals surface area contributed by atoms with Crippen LogP contribution in [-0.2, 0) is 11.2 Å². The first-order chi connectivity index (χ1) is 10.4. The van der Waals surface area contributed by atoms with E-state index in [1.54, 1.807) is 0 Å². The van der Waals surface area contributed by atoms with Gasteiger partial charge in [0.05, 0.1) is 12.7 Å². The average Bonchev–Trinajstić information content (AvgIpc) is 2.56. The average molecular weight is 283 g/mol. The zero-order valence-electron chi connectivity index (χ0n) is 12.1. The van der Waals surface area contributed by atoms with Gasteiger partial charge in [-0.15, -0.1) is 0 Å². The van der Waals surface area contributed by atoms with Gasteiger partial charge < -0.3 is 14.8 Å². The molecule has 0 bridgehead atoms. The highest BCUT2D eigenvalue weighted by molar-refractivity contribution is 5.31. The lowest BCUT2D eigenvalue weighted by Crippen LogP contribution is -2.30. The Kier molecular flexibility index (Phi) is 4.87. The summed E-state index contributed by atoms with van der Waals surface area (Å²) in [5.41, 5.74) is 2.73. The maximum absolute atomic E-state index is 5.87. The van der Waals surface area contributed by atoms with Crippen molar-refractivity contribution in [3.05, 3.63) is 65.7 Å². The van der Waals surface area contributed by atoms with Crippen LogP contribution in [0.1, 0.15) is 17.2 Å². The normalized spacial score (nSPS) is 17.2. The van der Waals surface area contributed by atoms with Gasteiger partial charge in [-0.2, -0.15) is 0 Å². The molecule has 0 fully saturated rings. The molecule has 1 aliphatic rings. The predicted molar refractivity (Wildman–Crippen MR) is 83.6 cm³/mol. The molecule has 0 aromatic heterocycles. The zero-order valence-corrected chi connectivity index (χ0v) is 12.1. The molecule has 0 aliphatic carbocycles. The Bertz CT molecular complexity index is 556. The number of nitrogens with one attached hydrogen (secondary N) is 1. The number of fused-ring (bicyclic) bond motifs is 1. The quantitative estimate of drug-likeness (QED) is 0.827. The van der Waals surface area contributed by atoms with E-state index in [1.165, 1.54) is 11.1 Å². The number of hydrogen-bond donors (Lipinski definition) is 1. The molecule has 0 spiro atoms. The lowest BCUT2D eigenvalue weighted by molar-refractivity contribution is 0.0421. The Morgan fingerprint density at radius 1 is 1.05 bits per heavy atom. The SMILES string of the molecule is c1ccc(OCCNCC2OCCc3ccccc32)cc1. The first-order valence-electron chi connectivity index (χ1n) is 7.51. The second-order valence-electron chi connectivity index (χ2n) is 5.17. The van der Waals surface area contributed by atoms with E-state index in [0.717, 1.165) is 31.9 Å². The van der Waals surface area contributed by atoms with Gasteiger partial charge in [0.25, 0.3) is 0 Å². The van der Waals surface area contributed by atoms with Gasteiger partial charge in [0, 0.05) is 13.1 Å². The minimum atomic E-state index is 0.159. The summed E-state index contributed by atoms with van der Waals surface area (Å²) in [7, 11) is 0. The third-order valence-corrected chi connectivity index (χ3v) is 3.71. The summed E-state index contributed by atoms with van der Waals surface area (Å²) < 4.78 is 11.5. The van der Waals surface area contributed by atoms with Crippen molar-refractivity contribution in [2.45, 2.75) is 12.5 Å². The summed E-state index contributed by atoms with van der Waals surface area (Å²) in [5, 5.41) is 3.42. The molecule has 1 atom stereocenters. The van der Waals surface area contributed by atoms with Crippen LogP contribution in [0.4, 0.5) is 0 Å². The molecule has 1 aliphatic heterocycles. The van der Waals surface area contributed by atoms with Gasteiger partial charge in [0.15, 0.2) is 0 Å². The number of benzene rings is 2. The van der Waals surface area contributed by atoms with Crippen LogP contribution in [0.25, 0.3) is 0 Å². The third kappa shape index (κ3) is 3.84. The number of ether oxygens (including phenoxy) is 2. The minimum Gasteiger partial charge on any atom is -0.492 e. The molecule has 110 valence electrons. The van der Waals surface area contributed by atoms with Crippen molar-refractivity contribution in [3.8, 4) is 5.75 Å². The van der Waals surface area contributed by atoms with Crippen LogP contribution in [0.15, 0.2) is 54.6 Å². The zero-order chi connectivity index (χ0) is 14.3. The topological polar surface area (TPSA) is 30.5 Å². The Balaban J connectivity index is 1.42. The second-order valence-corrected chi connectivity index (χ2v) is 5.17. The minimum absolute atomic E-state index is 0.159. The van der Waals surface area contributed by atoms with E-state index in [-0.39, 0.29) is 6.10 Å². The summed E-state index contributed by atoms with van der Waals surface area (Å²) in [6, 6.07) is 18.4. The molecule has 0 amide bonds. The van der Waals surface area contributed by atoms with Gasteiger partial charge in [-0.1, -0.05) is 42.5 Å². The summed E-state index contributed by atoms with van der Waals surface area (Å²) in [6.45, 7) is 3.12. The van der Waals surface area contributed by atoms with Crippen molar-refractivity contribution in [3.63, 3.8) is 0 Å². The third-order valence-electron chi connectivity index (χ3n) is 3.71. The first kappa shape index (κ1) is 14.1. The summed E-state index contributed by atoms with van der Waals surface area (Å²) >= 11 is 0. The van der Waals surface area contributed by atoms with E-state index < -0.39 is 0 Å². The smallest absolute Gasteiger partial charge is 0.119 e. The van der Waals surface area contributed by atoms with Crippen molar-refractivity contribution in [1.29, 1.82) is 0 Å². The summed E-state index contributed by atoms with van der Waals surface area (Å²) in [5.74, 6) is 0.915. The molecule has 0 saturated heterocycles. The molecular weight excluding hydrogens is 262 g/mol. The molecule has 1 heterocycles. The van der Waals surface area contributed by atoms with Crippen LogP contribution < -0.4 is 10.1 Å². The summed E-state index contributed by atoms with van der Waals surface area (Å²) in [6.07, 6.45) is 1.18. The van der Waals surface area contributed by atoms with Gasteiger partial charge in [0.2, 0.25) is 0 Å². The van der Waals surface area contributed by atoms with Crippen molar-refractivity contribution in [1.82, 2.24) is 5.32 Å². The first-order valence-corrected chi connectivity index (χ1v) is 7.51. The Labute approximate surface area is 125 Å². The summed E-state index contributed by atoms with van der Waals surface area (Å²) in [4.78, 5) is 0. The van der Waals surface area contributed by atoms with Crippen LogP contribution in [-0.4, -0.2) is 26.3 Å².